The lowest BCUT2D eigenvalue weighted by molar-refractivity contribution is -0.147. The Morgan fingerprint density at radius 2 is 1.42 bits per heavy atom. The van der Waals surface area contributed by atoms with Gasteiger partial charge in [0.25, 0.3) is 11.8 Å². The number of carboxylic acid groups (broad SMARTS) is 1. The van der Waals surface area contributed by atoms with Crippen molar-refractivity contribution in [2.75, 3.05) is 38.6 Å². The van der Waals surface area contributed by atoms with Crippen LogP contribution in [0.25, 0.3) is 0 Å². The third-order valence-electron chi connectivity index (χ3n) is 7.03. The second-order valence-corrected chi connectivity index (χ2v) is 9.18. The first-order chi connectivity index (χ1) is 17.4. The molecule has 2 aromatic carbocycles. The van der Waals surface area contributed by atoms with Crippen LogP contribution < -0.4 is 10.1 Å². The first kappa shape index (κ1) is 25.2. The number of aliphatic carboxylic acids is 1. The molecule has 1 aliphatic heterocycles. The number of carbonyl (C=O) groups excluding carboxylic acids is 3. The van der Waals surface area contributed by atoms with Gasteiger partial charge in [-0.15, -0.1) is 0 Å². The normalized spacial score (nSPS) is 19.9. The number of anilines is 1. The summed E-state index contributed by atoms with van der Waals surface area (Å²) in [5.74, 6) is -2.31. The largest absolute Gasteiger partial charge is 0.497 e. The molecule has 0 bridgehead atoms. The van der Waals surface area contributed by atoms with Gasteiger partial charge in [-0.05, 0) is 49.2 Å². The van der Waals surface area contributed by atoms with Gasteiger partial charge in [0.05, 0.1) is 30.2 Å². The van der Waals surface area contributed by atoms with E-state index in [0.29, 0.717) is 61.6 Å². The van der Waals surface area contributed by atoms with Gasteiger partial charge in [0.15, 0.2) is 0 Å². The highest BCUT2D eigenvalue weighted by molar-refractivity contribution is 6.05. The van der Waals surface area contributed by atoms with Crippen LogP contribution in [-0.4, -0.2) is 71.9 Å². The van der Waals surface area contributed by atoms with Crippen LogP contribution >= 0.6 is 0 Å². The molecule has 0 aromatic heterocycles. The lowest BCUT2D eigenvalue weighted by atomic mass is 9.78. The molecule has 2 aromatic rings. The molecule has 9 heteroatoms. The predicted octanol–water partition coefficient (Wildman–Crippen LogP) is 3.12. The van der Waals surface area contributed by atoms with Gasteiger partial charge >= 0.3 is 5.97 Å². The van der Waals surface area contributed by atoms with Gasteiger partial charge in [-0.25, -0.2) is 0 Å². The molecular formula is C27H31N3O6. The maximum atomic E-state index is 13.3. The molecule has 0 radical (unpaired) electrons. The lowest BCUT2D eigenvalue weighted by Gasteiger charge is -2.35. The molecule has 1 saturated carbocycles. The number of piperazine rings is 1. The fourth-order valence-electron chi connectivity index (χ4n) is 4.94. The number of ether oxygens (including phenoxy) is 1. The Morgan fingerprint density at radius 3 is 2.03 bits per heavy atom. The van der Waals surface area contributed by atoms with E-state index in [0.717, 1.165) is 12.8 Å². The summed E-state index contributed by atoms with van der Waals surface area (Å²) in [7, 11) is 1.57. The molecule has 0 spiro atoms. The number of carboxylic acids is 1. The summed E-state index contributed by atoms with van der Waals surface area (Å²) in [6.45, 7) is 1.53. The first-order valence-electron chi connectivity index (χ1n) is 12.2. The van der Waals surface area contributed by atoms with Crippen molar-refractivity contribution in [1.29, 1.82) is 0 Å². The van der Waals surface area contributed by atoms with E-state index in [1.165, 1.54) is 0 Å². The first-order valence-corrected chi connectivity index (χ1v) is 12.2. The Hall–Kier alpha value is -3.88. The lowest BCUT2D eigenvalue weighted by Crippen LogP contribution is -2.50. The van der Waals surface area contributed by atoms with Crippen molar-refractivity contribution in [1.82, 2.24) is 9.80 Å². The van der Waals surface area contributed by atoms with Crippen LogP contribution in [0.15, 0.2) is 48.5 Å². The van der Waals surface area contributed by atoms with Crippen molar-refractivity contribution in [2.24, 2.45) is 11.8 Å². The average molecular weight is 494 g/mol. The number of benzene rings is 2. The molecule has 1 aliphatic carbocycles. The molecule has 2 N–H and O–H groups in total. The number of para-hydroxylation sites is 1. The molecular weight excluding hydrogens is 462 g/mol. The molecule has 2 aliphatic rings. The van der Waals surface area contributed by atoms with Gasteiger partial charge in [0.1, 0.15) is 5.75 Å². The number of amides is 3. The van der Waals surface area contributed by atoms with Crippen LogP contribution in [0, 0.1) is 11.8 Å². The molecule has 0 unspecified atom stereocenters. The van der Waals surface area contributed by atoms with Crippen LogP contribution in [0.1, 0.15) is 46.4 Å². The topological polar surface area (TPSA) is 116 Å². The van der Waals surface area contributed by atoms with Gasteiger partial charge in [-0.2, -0.15) is 0 Å². The minimum atomic E-state index is -0.957. The molecule has 1 heterocycles. The molecule has 36 heavy (non-hydrogen) atoms. The van der Waals surface area contributed by atoms with Crippen LogP contribution in [0.3, 0.4) is 0 Å². The highest BCUT2D eigenvalue weighted by Gasteiger charge is 2.36. The van der Waals surface area contributed by atoms with E-state index in [-0.39, 0.29) is 17.7 Å². The van der Waals surface area contributed by atoms with Gasteiger partial charge in [-0.3, -0.25) is 19.2 Å². The molecule has 190 valence electrons. The summed E-state index contributed by atoms with van der Waals surface area (Å²) in [4.78, 5) is 54.2. The number of hydrogen-bond acceptors (Lipinski definition) is 5. The van der Waals surface area contributed by atoms with E-state index in [2.05, 4.69) is 5.32 Å². The van der Waals surface area contributed by atoms with Crippen molar-refractivity contribution in [3.63, 3.8) is 0 Å². The summed E-state index contributed by atoms with van der Waals surface area (Å²) in [6.07, 6.45) is 2.60. The van der Waals surface area contributed by atoms with Crippen LogP contribution in [0.5, 0.6) is 5.75 Å². The zero-order chi connectivity index (χ0) is 25.7. The number of nitrogens with zero attached hydrogens (tertiary/aromatic N) is 2. The fourth-order valence-corrected chi connectivity index (χ4v) is 4.94. The van der Waals surface area contributed by atoms with Crippen molar-refractivity contribution in [3.05, 3.63) is 59.7 Å². The summed E-state index contributed by atoms with van der Waals surface area (Å²) >= 11 is 0. The molecule has 3 amide bonds. The zero-order valence-electron chi connectivity index (χ0n) is 20.3. The third-order valence-corrected chi connectivity index (χ3v) is 7.03. The van der Waals surface area contributed by atoms with Gasteiger partial charge in [-0.1, -0.05) is 25.0 Å². The molecule has 2 atom stereocenters. The Labute approximate surface area is 210 Å². The van der Waals surface area contributed by atoms with Gasteiger partial charge in [0.2, 0.25) is 5.91 Å². The molecule has 4 rings (SSSR count). The standard InChI is InChI=1S/C27H31N3O6/c1-36-19-12-10-18(11-13-19)25(32)29-14-16-30(17-15-29)26(33)22-8-4-5-9-23(22)28-24(31)20-6-2-3-7-21(20)27(34)35/h4-5,8-13,20-21H,2-3,6-7,14-17H2,1H3,(H,28,31)(H,34,35)/t20-,21+/m0/s1. The van der Waals surface area contributed by atoms with Crippen molar-refractivity contribution < 1.29 is 29.0 Å². The van der Waals surface area contributed by atoms with Crippen LogP contribution in [-0.2, 0) is 9.59 Å². The van der Waals surface area contributed by atoms with E-state index in [1.54, 1.807) is 65.4 Å². The summed E-state index contributed by atoms with van der Waals surface area (Å²) < 4.78 is 5.14. The van der Waals surface area contributed by atoms with E-state index in [9.17, 15) is 24.3 Å². The maximum absolute atomic E-state index is 13.3. The summed E-state index contributed by atoms with van der Waals surface area (Å²) in [6, 6.07) is 13.7. The Kier molecular flexibility index (Phi) is 7.87. The molecule has 2 fully saturated rings. The minimum absolute atomic E-state index is 0.0992. The monoisotopic (exact) mass is 493 g/mol. The quantitative estimate of drug-likeness (QED) is 0.639. The minimum Gasteiger partial charge on any atom is -0.497 e. The Morgan fingerprint density at radius 1 is 0.833 bits per heavy atom. The van der Waals surface area contributed by atoms with Crippen LogP contribution in [0.4, 0.5) is 5.69 Å². The van der Waals surface area contributed by atoms with E-state index < -0.39 is 17.8 Å². The fraction of sp³-hybridized carbons (Fsp3) is 0.407. The van der Waals surface area contributed by atoms with E-state index in [4.69, 9.17) is 4.74 Å². The number of methoxy groups -OCH3 is 1. The smallest absolute Gasteiger partial charge is 0.307 e. The van der Waals surface area contributed by atoms with Crippen molar-refractivity contribution >= 4 is 29.4 Å². The predicted molar refractivity (Wildman–Crippen MR) is 133 cm³/mol. The van der Waals surface area contributed by atoms with Gasteiger partial charge < -0.3 is 25.0 Å². The summed E-state index contributed by atoms with van der Waals surface area (Å²) in [5, 5.41) is 12.3. The second-order valence-electron chi connectivity index (χ2n) is 9.18. The number of rotatable bonds is 6. The van der Waals surface area contributed by atoms with Crippen molar-refractivity contribution in [2.45, 2.75) is 25.7 Å². The number of carbonyl (C=O) groups is 4. The maximum Gasteiger partial charge on any atom is 0.307 e. The Bertz CT molecular complexity index is 1120. The zero-order valence-corrected chi connectivity index (χ0v) is 20.3. The third kappa shape index (κ3) is 5.50. The Balaban J connectivity index is 1.40. The number of nitrogens with one attached hydrogen (secondary N) is 1. The van der Waals surface area contributed by atoms with Gasteiger partial charge in [0, 0.05) is 31.7 Å². The van der Waals surface area contributed by atoms with E-state index >= 15 is 0 Å². The molecule has 9 nitrogen and oxygen atoms in total. The summed E-state index contributed by atoms with van der Waals surface area (Å²) in [5.41, 5.74) is 1.29. The second kappa shape index (κ2) is 11.2. The SMILES string of the molecule is COc1ccc(C(=O)N2CCN(C(=O)c3ccccc3NC(=O)[C@H]3CCCC[C@H]3C(=O)O)CC2)cc1. The van der Waals surface area contributed by atoms with Crippen LogP contribution in [0.2, 0.25) is 0 Å². The highest BCUT2D eigenvalue weighted by Crippen LogP contribution is 2.32. The number of hydrogen-bond donors (Lipinski definition) is 2. The van der Waals surface area contributed by atoms with E-state index in [1.807, 2.05) is 0 Å². The average Bonchev–Trinajstić information content (AvgIpc) is 2.92. The molecule has 1 saturated heterocycles. The van der Waals surface area contributed by atoms with Crippen molar-refractivity contribution in [3.8, 4) is 5.75 Å². The highest BCUT2D eigenvalue weighted by atomic mass is 16.5.